The molecule has 0 amide bonds. The van der Waals surface area contributed by atoms with Gasteiger partial charge < -0.3 is 9.47 Å². The first-order chi connectivity index (χ1) is 15.4. The summed E-state index contributed by atoms with van der Waals surface area (Å²) in [5.41, 5.74) is 6.13. The van der Waals surface area contributed by atoms with Gasteiger partial charge in [-0.15, -0.1) is 0 Å². The fourth-order valence-electron chi connectivity index (χ4n) is 5.43. The van der Waals surface area contributed by atoms with Crippen molar-refractivity contribution < 1.29 is 0 Å². The number of benzene rings is 3. The molecule has 3 aromatic carbocycles. The van der Waals surface area contributed by atoms with Gasteiger partial charge in [0.25, 0.3) is 0 Å². The smallest absolute Gasteiger partial charge is 0.0966 e. The third kappa shape index (κ3) is 3.41. The van der Waals surface area contributed by atoms with Crippen LogP contribution in [0, 0.1) is 0 Å². The van der Waals surface area contributed by atoms with Gasteiger partial charge in [0.1, 0.15) is 0 Å². The van der Waals surface area contributed by atoms with Crippen LogP contribution >= 0.6 is 0 Å². The predicted molar refractivity (Wildman–Crippen MR) is 127 cm³/mol. The van der Waals surface area contributed by atoms with Crippen molar-refractivity contribution in [2.75, 3.05) is 31.1 Å². The van der Waals surface area contributed by atoms with Crippen molar-refractivity contribution in [2.45, 2.75) is 24.9 Å². The van der Waals surface area contributed by atoms with E-state index < -0.39 is 0 Å². The zero-order chi connectivity index (χ0) is 20.6. The van der Waals surface area contributed by atoms with E-state index in [1.54, 1.807) is 0 Å². The molecule has 4 aromatic rings. The molecule has 2 aliphatic heterocycles. The second kappa shape index (κ2) is 7.86. The Balaban J connectivity index is 1.42. The Hall–Kier alpha value is -3.11. The molecule has 1 atom stereocenters. The van der Waals surface area contributed by atoms with Crippen molar-refractivity contribution in [1.29, 1.82) is 0 Å². The van der Waals surface area contributed by atoms with Crippen molar-refractivity contribution in [3.8, 4) is 0 Å². The molecule has 4 heteroatoms. The van der Waals surface area contributed by atoms with Gasteiger partial charge in [-0.1, -0.05) is 60.7 Å². The molecule has 1 aromatic heterocycles. The molecule has 4 nitrogen and oxygen atoms in total. The number of rotatable bonds is 4. The minimum Gasteiger partial charge on any atom is -0.369 e. The Kier molecular flexibility index (Phi) is 4.73. The number of nitrogens with zero attached hydrogens (tertiary/aromatic N) is 4. The topological polar surface area (TPSA) is 24.3 Å². The molecule has 0 bridgehead atoms. The highest BCUT2D eigenvalue weighted by Gasteiger charge is 2.30. The summed E-state index contributed by atoms with van der Waals surface area (Å²) in [6.07, 6.45) is 4.69. The largest absolute Gasteiger partial charge is 0.369 e. The van der Waals surface area contributed by atoms with Gasteiger partial charge in [0.05, 0.1) is 23.4 Å². The lowest BCUT2D eigenvalue weighted by atomic mass is 9.98. The Morgan fingerprint density at radius 3 is 2.29 bits per heavy atom. The van der Waals surface area contributed by atoms with E-state index in [1.807, 2.05) is 6.33 Å². The van der Waals surface area contributed by atoms with Crippen LogP contribution in [0.2, 0.25) is 0 Å². The van der Waals surface area contributed by atoms with E-state index in [4.69, 9.17) is 4.98 Å². The Morgan fingerprint density at radius 1 is 0.806 bits per heavy atom. The van der Waals surface area contributed by atoms with Gasteiger partial charge in [0.2, 0.25) is 0 Å². The Morgan fingerprint density at radius 2 is 1.55 bits per heavy atom. The minimum absolute atomic E-state index is 0.106. The van der Waals surface area contributed by atoms with Crippen LogP contribution in [0.25, 0.3) is 11.0 Å². The third-order valence-corrected chi connectivity index (χ3v) is 7.02. The minimum atomic E-state index is 0.106. The van der Waals surface area contributed by atoms with Gasteiger partial charge in [-0.2, -0.15) is 0 Å². The normalized spacial score (nSPS) is 19.3. The van der Waals surface area contributed by atoms with Crippen LogP contribution in [-0.4, -0.2) is 46.7 Å². The number of fused-ring (bicyclic) bond motifs is 2. The van der Waals surface area contributed by atoms with E-state index in [2.05, 4.69) is 93.2 Å². The second-order valence-corrected chi connectivity index (χ2v) is 8.83. The van der Waals surface area contributed by atoms with E-state index in [0.29, 0.717) is 0 Å². The average molecular weight is 409 g/mol. The quantitative estimate of drug-likeness (QED) is 0.477. The molecule has 0 N–H and O–H groups in total. The summed E-state index contributed by atoms with van der Waals surface area (Å²) in [6.45, 7) is 4.70. The highest BCUT2D eigenvalue weighted by atomic mass is 15.3. The van der Waals surface area contributed by atoms with Crippen LogP contribution in [0.15, 0.2) is 85.2 Å². The van der Waals surface area contributed by atoms with Gasteiger partial charge in [0.15, 0.2) is 0 Å². The average Bonchev–Trinajstić information content (AvgIpc) is 3.47. The molecule has 0 radical (unpaired) electrons. The lowest BCUT2D eigenvalue weighted by Crippen LogP contribution is -2.50. The van der Waals surface area contributed by atoms with Crippen molar-refractivity contribution in [3.05, 3.63) is 96.3 Å². The van der Waals surface area contributed by atoms with Gasteiger partial charge in [-0.25, -0.2) is 4.98 Å². The zero-order valence-electron chi connectivity index (χ0n) is 17.8. The summed E-state index contributed by atoms with van der Waals surface area (Å²) < 4.78 is 2.34. The SMILES string of the molecule is c1ccc(C(c2ccccc2)n2cnc3ccc(N4CCN5CCCC5C4)cc32)cc1. The lowest BCUT2D eigenvalue weighted by Gasteiger charge is -2.38. The van der Waals surface area contributed by atoms with E-state index >= 15 is 0 Å². The van der Waals surface area contributed by atoms with Crippen molar-refractivity contribution in [2.24, 2.45) is 0 Å². The van der Waals surface area contributed by atoms with Gasteiger partial charge in [0, 0.05) is 31.4 Å². The van der Waals surface area contributed by atoms with Crippen molar-refractivity contribution in [1.82, 2.24) is 14.5 Å². The Labute approximate surface area is 183 Å². The molecule has 2 fully saturated rings. The van der Waals surface area contributed by atoms with Crippen LogP contribution in [0.4, 0.5) is 5.69 Å². The molecular weight excluding hydrogens is 380 g/mol. The molecule has 0 saturated carbocycles. The fourth-order valence-corrected chi connectivity index (χ4v) is 5.43. The summed E-state index contributed by atoms with van der Waals surface area (Å²) >= 11 is 0. The molecule has 2 aliphatic rings. The molecular formula is C27H28N4. The number of hydrogen-bond acceptors (Lipinski definition) is 3. The number of aromatic nitrogens is 2. The first kappa shape index (κ1) is 18.6. The predicted octanol–water partition coefficient (Wildman–Crippen LogP) is 4.96. The molecule has 2 saturated heterocycles. The maximum absolute atomic E-state index is 4.77. The summed E-state index contributed by atoms with van der Waals surface area (Å²) in [5, 5.41) is 0. The van der Waals surface area contributed by atoms with Crippen LogP contribution in [0.5, 0.6) is 0 Å². The van der Waals surface area contributed by atoms with E-state index in [9.17, 15) is 0 Å². The third-order valence-electron chi connectivity index (χ3n) is 7.02. The monoisotopic (exact) mass is 408 g/mol. The van der Waals surface area contributed by atoms with Gasteiger partial charge in [-0.3, -0.25) is 4.90 Å². The molecule has 3 heterocycles. The zero-order valence-corrected chi connectivity index (χ0v) is 17.8. The van der Waals surface area contributed by atoms with Crippen LogP contribution < -0.4 is 4.90 Å². The first-order valence-corrected chi connectivity index (χ1v) is 11.4. The van der Waals surface area contributed by atoms with Crippen LogP contribution in [0.3, 0.4) is 0 Å². The summed E-state index contributed by atoms with van der Waals surface area (Å²) in [7, 11) is 0. The number of piperazine rings is 1. The van der Waals surface area contributed by atoms with Crippen molar-refractivity contribution in [3.63, 3.8) is 0 Å². The first-order valence-electron chi connectivity index (χ1n) is 11.4. The number of anilines is 1. The standard InChI is InChI=1S/C27H28N4/c1-3-8-21(9-4-1)27(22-10-5-2-6-11-22)31-20-28-25-14-13-23(18-26(25)31)30-17-16-29-15-7-12-24(29)19-30/h1-6,8-11,13-14,18,20,24,27H,7,12,15-17,19H2. The molecule has 1 unspecified atom stereocenters. The molecule has 31 heavy (non-hydrogen) atoms. The second-order valence-electron chi connectivity index (χ2n) is 8.83. The molecule has 0 spiro atoms. The van der Waals surface area contributed by atoms with E-state index in [0.717, 1.165) is 24.6 Å². The highest BCUT2D eigenvalue weighted by Crippen LogP contribution is 2.32. The number of hydrogen-bond donors (Lipinski definition) is 0. The summed E-state index contributed by atoms with van der Waals surface area (Å²) in [4.78, 5) is 10.0. The van der Waals surface area contributed by atoms with Gasteiger partial charge in [-0.05, 0) is 48.7 Å². The summed E-state index contributed by atoms with van der Waals surface area (Å²) in [6, 6.07) is 29.1. The van der Waals surface area contributed by atoms with E-state index in [-0.39, 0.29) is 6.04 Å². The highest BCUT2D eigenvalue weighted by molar-refractivity contribution is 5.80. The van der Waals surface area contributed by atoms with E-state index in [1.165, 1.54) is 48.3 Å². The Bertz CT molecular complexity index is 1130. The molecule has 0 aliphatic carbocycles. The molecule has 156 valence electrons. The maximum atomic E-state index is 4.77. The van der Waals surface area contributed by atoms with Crippen LogP contribution in [0.1, 0.15) is 30.0 Å². The number of imidazole rings is 1. The van der Waals surface area contributed by atoms with Crippen molar-refractivity contribution >= 4 is 16.7 Å². The van der Waals surface area contributed by atoms with Gasteiger partial charge >= 0.3 is 0 Å². The fraction of sp³-hybridized carbons (Fsp3) is 0.296. The summed E-state index contributed by atoms with van der Waals surface area (Å²) in [5.74, 6) is 0. The lowest BCUT2D eigenvalue weighted by molar-refractivity contribution is 0.231. The molecule has 6 rings (SSSR count). The maximum Gasteiger partial charge on any atom is 0.0966 e. The van der Waals surface area contributed by atoms with Crippen LogP contribution in [-0.2, 0) is 0 Å².